The molecule has 2 aromatic rings. The van der Waals surface area contributed by atoms with Gasteiger partial charge in [0.05, 0.1) is 0 Å². The molecule has 1 aliphatic heterocycles. The lowest BCUT2D eigenvalue weighted by Crippen LogP contribution is -1.97. The smallest absolute Gasteiger partial charge is 0.231 e. The maximum atomic E-state index is 9.22. The summed E-state index contributed by atoms with van der Waals surface area (Å²) in [6.45, 7) is 2.18. The van der Waals surface area contributed by atoms with Gasteiger partial charge in [-0.2, -0.15) is 5.26 Å². The van der Waals surface area contributed by atoms with Gasteiger partial charge in [-0.25, -0.2) is 4.98 Å². The van der Waals surface area contributed by atoms with Crippen LogP contribution in [0.5, 0.6) is 11.5 Å². The number of rotatable bonds is 1. The van der Waals surface area contributed by atoms with Crippen LogP contribution in [-0.2, 0) is 0 Å². The van der Waals surface area contributed by atoms with Gasteiger partial charge in [0, 0.05) is 11.8 Å². The maximum absolute atomic E-state index is 9.22. The number of benzene rings is 1. The number of ether oxygens (including phenoxy) is 2. The molecule has 0 aliphatic carbocycles. The van der Waals surface area contributed by atoms with E-state index >= 15 is 0 Å². The highest BCUT2D eigenvalue weighted by Crippen LogP contribution is 2.39. The van der Waals surface area contributed by atoms with Crippen LogP contribution in [0, 0.1) is 18.3 Å². The number of aryl methyl sites for hydroxylation is 1. The van der Waals surface area contributed by atoms with Crippen molar-refractivity contribution in [3.05, 3.63) is 35.5 Å². The zero-order valence-electron chi connectivity index (χ0n) is 10.3. The topological polar surface area (TPSA) is 81.2 Å². The van der Waals surface area contributed by atoms with Gasteiger partial charge in [0.1, 0.15) is 17.5 Å². The number of anilines is 1. The van der Waals surface area contributed by atoms with Crippen LogP contribution < -0.4 is 15.2 Å². The highest BCUT2D eigenvalue weighted by atomic mass is 16.7. The van der Waals surface area contributed by atoms with E-state index in [0.29, 0.717) is 11.3 Å². The van der Waals surface area contributed by atoms with Gasteiger partial charge in [-0.3, -0.25) is 0 Å². The predicted molar refractivity (Wildman–Crippen MR) is 69.7 cm³/mol. The normalized spacial score (nSPS) is 12.2. The van der Waals surface area contributed by atoms with Gasteiger partial charge in [0.15, 0.2) is 11.5 Å². The summed E-state index contributed by atoms with van der Waals surface area (Å²) in [5.74, 6) is 1.64. The number of nitrogens with zero attached hydrogens (tertiary/aromatic N) is 2. The average molecular weight is 253 g/mol. The Morgan fingerprint density at radius 1 is 1.26 bits per heavy atom. The monoisotopic (exact) mass is 253 g/mol. The highest BCUT2D eigenvalue weighted by Gasteiger charge is 2.18. The second-order valence-corrected chi connectivity index (χ2v) is 4.25. The molecule has 0 spiro atoms. The third-order valence-electron chi connectivity index (χ3n) is 3.10. The molecule has 2 N–H and O–H groups in total. The summed E-state index contributed by atoms with van der Waals surface area (Å²) >= 11 is 0. The van der Waals surface area contributed by atoms with Crippen molar-refractivity contribution in [2.75, 3.05) is 12.5 Å². The average Bonchev–Trinajstić information content (AvgIpc) is 2.84. The molecular weight excluding hydrogens is 242 g/mol. The van der Waals surface area contributed by atoms with Crippen molar-refractivity contribution in [3.8, 4) is 28.7 Å². The van der Waals surface area contributed by atoms with E-state index < -0.39 is 0 Å². The Hall–Kier alpha value is -2.74. The lowest BCUT2D eigenvalue weighted by Gasteiger charge is -2.10. The Labute approximate surface area is 110 Å². The first-order valence-corrected chi connectivity index (χ1v) is 5.76. The molecule has 5 heteroatoms. The van der Waals surface area contributed by atoms with E-state index in [0.717, 1.165) is 22.4 Å². The maximum Gasteiger partial charge on any atom is 0.231 e. The van der Waals surface area contributed by atoms with Gasteiger partial charge in [-0.1, -0.05) is 0 Å². The third-order valence-corrected chi connectivity index (χ3v) is 3.10. The lowest BCUT2D eigenvalue weighted by atomic mass is 9.97. The molecule has 0 saturated carbocycles. The first-order valence-electron chi connectivity index (χ1n) is 5.76. The number of nitrogens with two attached hydrogens (primary N) is 1. The van der Waals surface area contributed by atoms with Crippen molar-refractivity contribution in [2.45, 2.75) is 6.92 Å². The molecular formula is C14H11N3O2. The van der Waals surface area contributed by atoms with Gasteiger partial charge < -0.3 is 15.2 Å². The van der Waals surface area contributed by atoms with Crippen LogP contribution in [0.25, 0.3) is 11.1 Å². The van der Waals surface area contributed by atoms with E-state index in [1.54, 1.807) is 12.3 Å². The van der Waals surface area contributed by atoms with E-state index in [-0.39, 0.29) is 12.6 Å². The van der Waals surface area contributed by atoms with E-state index in [1.165, 1.54) is 0 Å². The van der Waals surface area contributed by atoms with Crippen molar-refractivity contribution < 1.29 is 9.47 Å². The molecule has 0 unspecified atom stereocenters. The second kappa shape index (κ2) is 4.18. The summed E-state index contributed by atoms with van der Waals surface area (Å²) in [6, 6.07) is 7.64. The van der Waals surface area contributed by atoms with Crippen LogP contribution in [0.4, 0.5) is 5.82 Å². The zero-order chi connectivity index (χ0) is 13.4. The zero-order valence-corrected chi connectivity index (χ0v) is 10.3. The van der Waals surface area contributed by atoms with E-state index in [1.807, 2.05) is 19.1 Å². The Morgan fingerprint density at radius 2 is 2.00 bits per heavy atom. The number of hydrogen-bond acceptors (Lipinski definition) is 5. The lowest BCUT2D eigenvalue weighted by molar-refractivity contribution is 0.174. The van der Waals surface area contributed by atoms with E-state index in [9.17, 15) is 5.26 Å². The van der Waals surface area contributed by atoms with E-state index in [2.05, 4.69) is 11.1 Å². The summed E-state index contributed by atoms with van der Waals surface area (Å²) in [6.07, 6.45) is 1.59. The molecule has 3 rings (SSSR count). The fourth-order valence-corrected chi connectivity index (χ4v) is 2.15. The van der Waals surface area contributed by atoms with Crippen molar-refractivity contribution in [3.63, 3.8) is 0 Å². The van der Waals surface area contributed by atoms with Crippen molar-refractivity contribution in [1.82, 2.24) is 4.98 Å². The summed E-state index contributed by atoms with van der Waals surface area (Å²) in [5, 5.41) is 9.22. The minimum Gasteiger partial charge on any atom is -0.454 e. The minimum absolute atomic E-state index is 0.224. The molecule has 0 amide bonds. The van der Waals surface area contributed by atoms with Crippen LogP contribution in [0.3, 0.4) is 0 Å². The van der Waals surface area contributed by atoms with Crippen LogP contribution >= 0.6 is 0 Å². The summed E-state index contributed by atoms with van der Waals surface area (Å²) in [7, 11) is 0. The van der Waals surface area contributed by atoms with Gasteiger partial charge in [0.2, 0.25) is 6.79 Å². The predicted octanol–water partition coefficient (Wildman–Crippen LogP) is 2.24. The molecule has 0 saturated heterocycles. The molecule has 0 atom stereocenters. The Morgan fingerprint density at radius 3 is 2.74 bits per heavy atom. The second-order valence-electron chi connectivity index (χ2n) is 4.25. The standard InChI is InChI=1S/C14H11N3O2/c1-8-4-12-13(19-7-18-12)5-10(8)9-2-3-17-14(16)11(9)6-15/h2-5H,7H2,1H3,(H2,16,17). The number of fused-ring (bicyclic) bond motifs is 1. The summed E-state index contributed by atoms with van der Waals surface area (Å²) in [5.41, 5.74) is 8.77. The van der Waals surface area contributed by atoms with Crippen molar-refractivity contribution in [2.24, 2.45) is 0 Å². The van der Waals surface area contributed by atoms with Gasteiger partial charge in [-0.05, 0) is 36.2 Å². The van der Waals surface area contributed by atoms with Crippen LogP contribution in [-0.4, -0.2) is 11.8 Å². The van der Waals surface area contributed by atoms with Gasteiger partial charge in [0.25, 0.3) is 0 Å². The van der Waals surface area contributed by atoms with E-state index in [4.69, 9.17) is 15.2 Å². The largest absolute Gasteiger partial charge is 0.454 e. The minimum atomic E-state index is 0.224. The third kappa shape index (κ3) is 1.74. The number of pyridine rings is 1. The molecule has 1 aromatic heterocycles. The van der Waals surface area contributed by atoms with Crippen molar-refractivity contribution in [1.29, 1.82) is 5.26 Å². The van der Waals surface area contributed by atoms with Crippen LogP contribution in [0.1, 0.15) is 11.1 Å². The molecule has 0 bridgehead atoms. The fraction of sp³-hybridized carbons (Fsp3) is 0.143. The van der Waals surface area contributed by atoms with Crippen LogP contribution in [0.2, 0.25) is 0 Å². The quantitative estimate of drug-likeness (QED) is 0.842. The number of hydrogen-bond donors (Lipinski definition) is 1. The molecule has 2 heterocycles. The summed E-state index contributed by atoms with van der Waals surface area (Å²) in [4.78, 5) is 3.94. The fourth-order valence-electron chi connectivity index (χ4n) is 2.15. The Bertz CT molecular complexity index is 705. The Kier molecular flexibility index (Phi) is 2.50. The molecule has 5 nitrogen and oxygen atoms in total. The van der Waals surface area contributed by atoms with Crippen LogP contribution in [0.15, 0.2) is 24.4 Å². The van der Waals surface area contributed by atoms with Crippen molar-refractivity contribution >= 4 is 5.82 Å². The number of nitriles is 1. The highest BCUT2D eigenvalue weighted by molar-refractivity contribution is 5.79. The van der Waals surface area contributed by atoms with Gasteiger partial charge in [-0.15, -0.1) is 0 Å². The molecule has 1 aromatic carbocycles. The molecule has 1 aliphatic rings. The molecule has 0 fully saturated rings. The Balaban J connectivity index is 2.24. The summed E-state index contributed by atoms with van der Waals surface area (Å²) < 4.78 is 10.7. The molecule has 0 radical (unpaired) electrons. The molecule has 19 heavy (non-hydrogen) atoms. The SMILES string of the molecule is Cc1cc2c(cc1-c1ccnc(N)c1C#N)OCO2. The number of nitrogen functional groups attached to an aromatic ring is 1. The first-order chi connectivity index (χ1) is 9.20. The number of aromatic nitrogens is 1. The molecule has 94 valence electrons. The first kappa shape index (κ1) is 11.4. The van der Waals surface area contributed by atoms with Gasteiger partial charge >= 0.3 is 0 Å².